The first kappa shape index (κ1) is 19.2. The summed E-state index contributed by atoms with van der Waals surface area (Å²) in [7, 11) is -1.16. The van der Waals surface area contributed by atoms with Gasteiger partial charge in [-0.2, -0.15) is 0 Å². The lowest BCUT2D eigenvalue weighted by atomic mass is 9.98. The molecular formula is C22H25NOS. The molecule has 2 rings (SSSR count). The Hall–Kier alpha value is -2.15. The normalized spacial score (nSPS) is 13.4. The molecule has 2 aromatic rings. The smallest absolute Gasteiger partial charge is 0.0976 e. The van der Waals surface area contributed by atoms with Crippen LogP contribution in [0.1, 0.15) is 49.9 Å². The topological polar surface area (TPSA) is 29.1 Å². The van der Waals surface area contributed by atoms with E-state index in [2.05, 4.69) is 23.1 Å². The van der Waals surface area contributed by atoms with E-state index in [1.54, 1.807) is 0 Å². The van der Waals surface area contributed by atoms with Gasteiger partial charge in [0.2, 0.25) is 0 Å². The highest BCUT2D eigenvalue weighted by molar-refractivity contribution is 7.84. The van der Waals surface area contributed by atoms with Crippen LogP contribution in [0.25, 0.3) is 0 Å². The second-order valence-corrected chi connectivity index (χ2v) is 8.78. The van der Waals surface area contributed by atoms with Crippen LogP contribution in [0.2, 0.25) is 0 Å². The molecule has 1 N–H and O–H groups in total. The molecule has 0 fully saturated rings. The van der Waals surface area contributed by atoms with E-state index in [4.69, 9.17) is 0 Å². The lowest BCUT2D eigenvalue weighted by Crippen LogP contribution is -2.35. The van der Waals surface area contributed by atoms with Crippen LogP contribution < -0.4 is 4.72 Å². The van der Waals surface area contributed by atoms with Crippen molar-refractivity contribution in [2.45, 2.75) is 38.0 Å². The molecule has 0 saturated heterocycles. The van der Waals surface area contributed by atoms with E-state index in [1.807, 2.05) is 81.4 Å². The van der Waals surface area contributed by atoms with E-state index in [0.717, 1.165) is 16.7 Å². The van der Waals surface area contributed by atoms with Gasteiger partial charge in [-0.1, -0.05) is 54.3 Å². The standard InChI is InChI=1S/C22H25NOS/c1-5-11-21(23-25(24)22(2,3)4)20-15-10-9-14-19(20)17-16-18-12-7-6-8-13-18/h5-10,12-15,21,23H,1,11H2,2-4H3/t21-,25?/m0/s1. The van der Waals surface area contributed by atoms with Crippen LogP contribution in [0.3, 0.4) is 0 Å². The summed E-state index contributed by atoms with van der Waals surface area (Å²) < 4.78 is 15.5. The van der Waals surface area contributed by atoms with Gasteiger partial charge in [-0.05, 0) is 51.0 Å². The summed E-state index contributed by atoms with van der Waals surface area (Å²) in [4.78, 5) is 0. The molecule has 2 aromatic carbocycles. The average Bonchev–Trinajstić information content (AvgIpc) is 2.60. The Bertz CT molecular complexity index is 794. The molecule has 0 saturated carbocycles. The molecule has 0 amide bonds. The van der Waals surface area contributed by atoms with Crippen molar-refractivity contribution in [2.75, 3.05) is 0 Å². The van der Waals surface area contributed by atoms with E-state index in [1.165, 1.54) is 0 Å². The van der Waals surface area contributed by atoms with E-state index in [9.17, 15) is 4.21 Å². The van der Waals surface area contributed by atoms with Gasteiger partial charge in [0.1, 0.15) is 0 Å². The fourth-order valence-corrected chi connectivity index (χ4v) is 3.12. The van der Waals surface area contributed by atoms with Gasteiger partial charge in [-0.3, -0.25) is 0 Å². The molecule has 0 aliphatic heterocycles. The first-order chi connectivity index (χ1) is 11.9. The number of rotatable bonds is 5. The van der Waals surface area contributed by atoms with Gasteiger partial charge >= 0.3 is 0 Å². The monoisotopic (exact) mass is 351 g/mol. The zero-order valence-electron chi connectivity index (χ0n) is 15.1. The predicted octanol–water partition coefficient (Wildman–Crippen LogP) is 4.76. The summed E-state index contributed by atoms with van der Waals surface area (Å²) in [6, 6.07) is 17.8. The van der Waals surface area contributed by atoms with Crippen molar-refractivity contribution in [3.05, 3.63) is 83.9 Å². The molecule has 0 spiro atoms. The lowest BCUT2D eigenvalue weighted by Gasteiger charge is -2.24. The van der Waals surface area contributed by atoms with Crippen molar-refractivity contribution in [1.82, 2.24) is 4.72 Å². The third-order valence-corrected chi connectivity index (χ3v) is 5.27. The minimum atomic E-state index is -1.16. The third-order valence-electron chi connectivity index (χ3n) is 3.66. The first-order valence-corrected chi connectivity index (χ1v) is 9.51. The van der Waals surface area contributed by atoms with Crippen LogP contribution in [0.4, 0.5) is 0 Å². The molecule has 25 heavy (non-hydrogen) atoms. The number of hydrogen-bond acceptors (Lipinski definition) is 1. The summed E-state index contributed by atoms with van der Waals surface area (Å²) in [6.45, 7) is 9.73. The fourth-order valence-electron chi connectivity index (χ4n) is 2.29. The Labute approximate surface area is 154 Å². The molecule has 2 nitrogen and oxygen atoms in total. The predicted molar refractivity (Wildman–Crippen MR) is 107 cm³/mol. The van der Waals surface area contributed by atoms with E-state index in [-0.39, 0.29) is 10.8 Å². The van der Waals surface area contributed by atoms with Gasteiger partial charge in [0.05, 0.1) is 15.7 Å². The Morgan fingerprint density at radius 2 is 1.72 bits per heavy atom. The second kappa shape index (κ2) is 8.80. The maximum Gasteiger partial charge on any atom is 0.0976 e. The maximum absolute atomic E-state index is 12.5. The highest BCUT2D eigenvalue weighted by atomic mass is 32.2. The van der Waals surface area contributed by atoms with E-state index >= 15 is 0 Å². The van der Waals surface area contributed by atoms with Crippen molar-refractivity contribution in [3.63, 3.8) is 0 Å². The molecule has 2 atom stereocenters. The number of nitrogens with one attached hydrogen (secondary N) is 1. The summed E-state index contributed by atoms with van der Waals surface area (Å²) in [5, 5.41) is 0. The van der Waals surface area contributed by atoms with Crippen molar-refractivity contribution in [3.8, 4) is 11.8 Å². The molecule has 0 bridgehead atoms. The highest BCUT2D eigenvalue weighted by Crippen LogP contribution is 2.23. The third kappa shape index (κ3) is 5.70. The fraction of sp³-hybridized carbons (Fsp3) is 0.273. The molecule has 0 heterocycles. The quantitative estimate of drug-likeness (QED) is 0.611. The molecular weight excluding hydrogens is 326 g/mol. The average molecular weight is 352 g/mol. The van der Waals surface area contributed by atoms with Crippen LogP contribution in [0.5, 0.6) is 0 Å². The van der Waals surface area contributed by atoms with Crippen molar-refractivity contribution < 1.29 is 4.21 Å². The van der Waals surface area contributed by atoms with Crippen LogP contribution in [0, 0.1) is 11.8 Å². The van der Waals surface area contributed by atoms with Gasteiger partial charge in [0.15, 0.2) is 0 Å². The van der Waals surface area contributed by atoms with Gasteiger partial charge in [-0.15, -0.1) is 6.58 Å². The molecule has 0 aliphatic rings. The molecule has 0 aliphatic carbocycles. The Balaban J connectivity index is 2.34. The molecule has 3 heteroatoms. The first-order valence-electron chi connectivity index (χ1n) is 8.37. The van der Waals surface area contributed by atoms with Gasteiger partial charge < -0.3 is 0 Å². The zero-order chi connectivity index (χ0) is 18.3. The summed E-state index contributed by atoms with van der Waals surface area (Å²) in [5.74, 6) is 6.46. The van der Waals surface area contributed by atoms with Crippen LogP contribution in [0.15, 0.2) is 67.3 Å². The van der Waals surface area contributed by atoms with Gasteiger partial charge in [-0.25, -0.2) is 8.93 Å². The highest BCUT2D eigenvalue weighted by Gasteiger charge is 2.24. The van der Waals surface area contributed by atoms with Crippen molar-refractivity contribution >= 4 is 11.0 Å². The second-order valence-electron chi connectivity index (χ2n) is 6.78. The van der Waals surface area contributed by atoms with Gasteiger partial charge in [0, 0.05) is 17.2 Å². The molecule has 1 unspecified atom stereocenters. The zero-order valence-corrected chi connectivity index (χ0v) is 15.9. The number of benzene rings is 2. The SMILES string of the molecule is C=CC[C@H](NS(=O)C(C)(C)C)c1ccccc1C#Cc1ccccc1. The Kier molecular flexibility index (Phi) is 6.75. The Morgan fingerprint density at radius 1 is 1.08 bits per heavy atom. The maximum atomic E-state index is 12.5. The lowest BCUT2D eigenvalue weighted by molar-refractivity contribution is 0.601. The van der Waals surface area contributed by atoms with E-state index in [0.29, 0.717) is 6.42 Å². The summed E-state index contributed by atoms with van der Waals surface area (Å²) in [5.41, 5.74) is 2.96. The van der Waals surface area contributed by atoms with Crippen molar-refractivity contribution in [2.24, 2.45) is 0 Å². The van der Waals surface area contributed by atoms with Crippen molar-refractivity contribution in [1.29, 1.82) is 0 Å². The Morgan fingerprint density at radius 3 is 2.36 bits per heavy atom. The summed E-state index contributed by atoms with van der Waals surface area (Å²) in [6.07, 6.45) is 2.53. The van der Waals surface area contributed by atoms with Gasteiger partial charge in [0.25, 0.3) is 0 Å². The van der Waals surface area contributed by atoms with Crippen LogP contribution >= 0.6 is 0 Å². The molecule has 0 radical (unpaired) electrons. The molecule has 0 aromatic heterocycles. The van der Waals surface area contributed by atoms with Crippen LogP contribution in [-0.4, -0.2) is 8.96 Å². The summed E-state index contributed by atoms with van der Waals surface area (Å²) >= 11 is 0. The van der Waals surface area contributed by atoms with Crippen LogP contribution in [-0.2, 0) is 11.0 Å². The minimum Gasteiger partial charge on any atom is -0.242 e. The number of hydrogen-bond donors (Lipinski definition) is 1. The largest absolute Gasteiger partial charge is 0.242 e. The van der Waals surface area contributed by atoms with E-state index < -0.39 is 11.0 Å². The minimum absolute atomic E-state index is 0.0844. The molecule has 130 valence electrons.